The molecule has 0 spiro atoms. The van der Waals surface area contributed by atoms with Gasteiger partial charge in [0, 0.05) is 23.1 Å². The molecule has 1 N–H and O–H groups in total. The Labute approximate surface area is 184 Å². The van der Waals surface area contributed by atoms with E-state index in [1.54, 1.807) is 11.0 Å². The molecular formula is C23H25BrN2O4. The summed E-state index contributed by atoms with van der Waals surface area (Å²) in [6.07, 6.45) is 0.860. The zero-order valence-corrected chi connectivity index (χ0v) is 18.6. The summed E-state index contributed by atoms with van der Waals surface area (Å²) >= 11 is 3.41. The average Bonchev–Trinajstić information content (AvgIpc) is 3.15. The summed E-state index contributed by atoms with van der Waals surface area (Å²) in [5.74, 6) is -1.57. The number of rotatable bonds is 7. The minimum Gasteiger partial charge on any atom is -0.455 e. The van der Waals surface area contributed by atoms with Gasteiger partial charge in [0.1, 0.15) is 0 Å². The van der Waals surface area contributed by atoms with Crippen LogP contribution in [-0.4, -0.2) is 35.8 Å². The largest absolute Gasteiger partial charge is 0.455 e. The van der Waals surface area contributed by atoms with Crippen molar-refractivity contribution in [1.29, 1.82) is 0 Å². The summed E-state index contributed by atoms with van der Waals surface area (Å²) < 4.78 is 6.13. The van der Waals surface area contributed by atoms with Gasteiger partial charge in [-0.2, -0.15) is 0 Å². The molecule has 0 radical (unpaired) electrons. The average molecular weight is 473 g/mol. The van der Waals surface area contributed by atoms with Crippen LogP contribution in [0.2, 0.25) is 0 Å². The number of benzene rings is 2. The van der Waals surface area contributed by atoms with Crippen LogP contribution < -0.4 is 5.32 Å². The molecule has 1 fully saturated rings. The van der Waals surface area contributed by atoms with E-state index in [1.807, 2.05) is 56.3 Å². The predicted octanol–water partition coefficient (Wildman–Crippen LogP) is 4.10. The van der Waals surface area contributed by atoms with E-state index in [0.29, 0.717) is 12.2 Å². The van der Waals surface area contributed by atoms with E-state index in [-0.39, 0.29) is 25.0 Å². The fourth-order valence-corrected chi connectivity index (χ4v) is 4.00. The second-order valence-corrected chi connectivity index (χ2v) is 8.26. The second-order valence-electron chi connectivity index (χ2n) is 7.34. The maximum atomic E-state index is 12.4. The van der Waals surface area contributed by atoms with Gasteiger partial charge >= 0.3 is 5.97 Å². The molecule has 0 bridgehead atoms. The number of amides is 2. The van der Waals surface area contributed by atoms with E-state index in [4.69, 9.17) is 4.74 Å². The number of carbonyl (C=O) groups is 3. The third-order valence-corrected chi connectivity index (χ3v) is 5.80. The Morgan fingerprint density at radius 3 is 2.67 bits per heavy atom. The first-order valence-corrected chi connectivity index (χ1v) is 10.8. The molecule has 2 aromatic carbocycles. The minimum atomic E-state index is -0.560. The van der Waals surface area contributed by atoms with Crippen molar-refractivity contribution in [2.24, 2.45) is 5.92 Å². The molecule has 1 heterocycles. The molecule has 0 aliphatic carbocycles. The van der Waals surface area contributed by atoms with Crippen molar-refractivity contribution in [2.75, 3.05) is 18.5 Å². The predicted molar refractivity (Wildman–Crippen MR) is 118 cm³/mol. The number of nitrogens with one attached hydrogen (secondary N) is 1. The van der Waals surface area contributed by atoms with E-state index >= 15 is 0 Å². The second kappa shape index (κ2) is 9.89. The highest BCUT2D eigenvalue weighted by molar-refractivity contribution is 9.10. The van der Waals surface area contributed by atoms with Crippen molar-refractivity contribution in [2.45, 2.75) is 32.7 Å². The van der Waals surface area contributed by atoms with Gasteiger partial charge in [-0.15, -0.1) is 0 Å². The quantitative estimate of drug-likeness (QED) is 0.615. The lowest BCUT2D eigenvalue weighted by Gasteiger charge is -2.25. The molecule has 0 unspecified atom stereocenters. The van der Waals surface area contributed by atoms with Crippen molar-refractivity contribution in [1.82, 2.24) is 4.90 Å². The molecule has 3 rings (SSSR count). The van der Waals surface area contributed by atoms with Crippen LogP contribution in [0.1, 0.15) is 37.4 Å². The Morgan fingerprint density at radius 2 is 1.97 bits per heavy atom. The van der Waals surface area contributed by atoms with Crippen LogP contribution in [0.4, 0.5) is 5.69 Å². The maximum absolute atomic E-state index is 12.4. The van der Waals surface area contributed by atoms with E-state index in [1.165, 1.54) is 0 Å². The third-order valence-electron chi connectivity index (χ3n) is 5.31. The molecule has 0 aromatic heterocycles. The van der Waals surface area contributed by atoms with Gasteiger partial charge in [0.25, 0.3) is 5.91 Å². The number of hydrogen-bond donors (Lipinski definition) is 1. The molecule has 30 heavy (non-hydrogen) atoms. The van der Waals surface area contributed by atoms with Crippen LogP contribution in [0, 0.1) is 5.92 Å². The molecule has 6 nitrogen and oxygen atoms in total. The number of likely N-dealkylation sites (tertiary alicyclic amines) is 1. The Morgan fingerprint density at radius 1 is 1.23 bits per heavy atom. The van der Waals surface area contributed by atoms with Gasteiger partial charge in [-0.3, -0.25) is 14.4 Å². The third kappa shape index (κ3) is 5.27. The van der Waals surface area contributed by atoms with Gasteiger partial charge in [0.2, 0.25) is 5.91 Å². The Balaban J connectivity index is 1.53. The van der Waals surface area contributed by atoms with Crippen LogP contribution in [0.5, 0.6) is 0 Å². The fourth-order valence-electron chi connectivity index (χ4n) is 3.59. The van der Waals surface area contributed by atoms with Gasteiger partial charge in [-0.1, -0.05) is 53.2 Å². The van der Waals surface area contributed by atoms with Crippen molar-refractivity contribution < 1.29 is 19.1 Å². The van der Waals surface area contributed by atoms with Gasteiger partial charge < -0.3 is 15.0 Å². The van der Waals surface area contributed by atoms with Crippen LogP contribution in [0.15, 0.2) is 53.0 Å². The lowest BCUT2D eigenvalue weighted by molar-refractivity contribution is -0.151. The molecular weight excluding hydrogens is 448 g/mol. The molecule has 2 amide bonds. The number of ether oxygens (including phenoxy) is 1. The highest BCUT2D eigenvalue weighted by Crippen LogP contribution is 2.29. The Hall–Kier alpha value is -2.67. The van der Waals surface area contributed by atoms with Crippen LogP contribution in [0.3, 0.4) is 0 Å². The lowest BCUT2D eigenvalue weighted by Crippen LogP contribution is -2.30. The number of esters is 1. The Kier molecular flexibility index (Phi) is 7.26. The van der Waals surface area contributed by atoms with E-state index in [0.717, 1.165) is 22.0 Å². The first kappa shape index (κ1) is 22.0. The summed E-state index contributed by atoms with van der Waals surface area (Å²) in [6, 6.07) is 15.2. The van der Waals surface area contributed by atoms with Gasteiger partial charge in [0.15, 0.2) is 6.61 Å². The van der Waals surface area contributed by atoms with Crippen LogP contribution >= 0.6 is 15.9 Å². The van der Waals surface area contributed by atoms with Crippen molar-refractivity contribution >= 4 is 39.4 Å². The summed E-state index contributed by atoms with van der Waals surface area (Å²) in [5, 5.41) is 2.78. The molecule has 2 atom stereocenters. The van der Waals surface area contributed by atoms with E-state index in [9.17, 15) is 14.4 Å². The van der Waals surface area contributed by atoms with Gasteiger partial charge in [0.05, 0.1) is 12.0 Å². The number of aryl methyl sites for hydroxylation is 1. The van der Waals surface area contributed by atoms with Crippen LogP contribution in [-0.2, 0) is 25.5 Å². The zero-order chi connectivity index (χ0) is 21.7. The van der Waals surface area contributed by atoms with Crippen molar-refractivity contribution in [3.05, 3.63) is 64.1 Å². The molecule has 0 saturated carbocycles. The number of anilines is 1. The fraction of sp³-hybridized carbons (Fsp3) is 0.348. The molecule has 1 aliphatic heterocycles. The lowest BCUT2D eigenvalue weighted by atomic mass is 10.1. The Bertz CT molecular complexity index is 932. The van der Waals surface area contributed by atoms with Gasteiger partial charge in [-0.25, -0.2) is 0 Å². The summed E-state index contributed by atoms with van der Waals surface area (Å²) in [6.45, 7) is 3.85. The van der Waals surface area contributed by atoms with E-state index < -0.39 is 17.8 Å². The minimum absolute atomic E-state index is 0.0831. The maximum Gasteiger partial charge on any atom is 0.311 e. The normalized spacial score (nSPS) is 17.0. The summed E-state index contributed by atoms with van der Waals surface area (Å²) in [5.41, 5.74) is 2.69. The molecule has 158 valence electrons. The number of carbonyl (C=O) groups excluding carboxylic acids is 3. The molecule has 2 aromatic rings. The summed E-state index contributed by atoms with van der Waals surface area (Å²) in [7, 11) is 0. The SMILES string of the molecule is CCc1cc(Br)ccc1NC(=O)COC(=O)[C@@H]1CC(=O)N([C@@H](C)c2ccccc2)C1. The van der Waals surface area contributed by atoms with Crippen molar-refractivity contribution in [3.63, 3.8) is 0 Å². The first-order valence-electron chi connectivity index (χ1n) is 9.98. The monoisotopic (exact) mass is 472 g/mol. The summed E-state index contributed by atoms with van der Waals surface area (Å²) in [4.78, 5) is 38.8. The zero-order valence-electron chi connectivity index (χ0n) is 17.1. The highest BCUT2D eigenvalue weighted by Gasteiger charge is 2.38. The highest BCUT2D eigenvalue weighted by atomic mass is 79.9. The molecule has 1 saturated heterocycles. The van der Waals surface area contributed by atoms with E-state index in [2.05, 4.69) is 21.2 Å². The molecule has 1 aliphatic rings. The number of hydrogen-bond acceptors (Lipinski definition) is 4. The topological polar surface area (TPSA) is 75.7 Å². The molecule has 7 heteroatoms. The van der Waals surface area contributed by atoms with Crippen molar-refractivity contribution in [3.8, 4) is 0 Å². The standard InChI is InChI=1S/C23H25BrN2O4/c1-3-16-11-19(24)9-10-20(16)25-21(27)14-30-23(29)18-12-22(28)26(13-18)15(2)17-7-5-4-6-8-17/h4-11,15,18H,3,12-14H2,1-2H3,(H,25,27)/t15-,18+/m0/s1. The first-order chi connectivity index (χ1) is 14.4. The van der Waals surface area contributed by atoms with Crippen LogP contribution in [0.25, 0.3) is 0 Å². The van der Waals surface area contributed by atoms with Gasteiger partial charge in [-0.05, 0) is 42.7 Å². The smallest absolute Gasteiger partial charge is 0.311 e. The number of nitrogens with zero attached hydrogens (tertiary/aromatic N) is 1. The number of halogens is 1.